The van der Waals surface area contributed by atoms with E-state index in [9.17, 15) is 27.2 Å². The number of alkyl halides is 3. The minimum absolute atomic E-state index is 0.233. The number of benzene rings is 1. The maximum absolute atomic E-state index is 13.3. The predicted molar refractivity (Wildman–Crippen MR) is 62.6 cm³/mol. The van der Waals surface area contributed by atoms with Gasteiger partial charge in [0.25, 0.3) is 5.56 Å². The number of nitrogens with zero attached hydrogens (tertiary/aromatic N) is 1. The molecule has 106 valence electrons. The molecule has 0 radical (unpaired) electrons. The lowest BCUT2D eigenvalue weighted by atomic mass is 10.2. The number of halogens is 5. The van der Waals surface area contributed by atoms with Crippen molar-refractivity contribution in [2.75, 3.05) is 0 Å². The van der Waals surface area contributed by atoms with Crippen molar-refractivity contribution in [3.05, 3.63) is 61.6 Å². The summed E-state index contributed by atoms with van der Waals surface area (Å²) in [6.45, 7) is 0. The minimum Gasteiger partial charge on any atom is -0.295 e. The van der Waals surface area contributed by atoms with Gasteiger partial charge in [0, 0.05) is 0 Å². The molecule has 0 aliphatic carbocycles. The fourth-order valence-electron chi connectivity index (χ4n) is 1.54. The van der Waals surface area contributed by atoms with Crippen molar-refractivity contribution in [2.24, 2.45) is 0 Å². The lowest BCUT2D eigenvalue weighted by molar-refractivity contribution is -0.137. The second-order valence-corrected chi connectivity index (χ2v) is 4.12. The quantitative estimate of drug-likeness (QED) is 0.649. The van der Waals surface area contributed by atoms with Gasteiger partial charge in [-0.25, -0.2) is 9.36 Å². The van der Waals surface area contributed by atoms with Crippen LogP contribution in [0.15, 0.2) is 33.9 Å². The van der Waals surface area contributed by atoms with Gasteiger partial charge in [0.1, 0.15) is 0 Å². The number of rotatable bonds is 1. The molecule has 0 atom stereocenters. The van der Waals surface area contributed by atoms with Crippen LogP contribution in [-0.2, 0) is 6.18 Å². The lowest BCUT2D eigenvalue weighted by Gasteiger charge is -2.09. The van der Waals surface area contributed by atoms with Gasteiger partial charge >= 0.3 is 11.9 Å². The van der Waals surface area contributed by atoms with Crippen LogP contribution in [0.5, 0.6) is 0 Å². The second-order valence-electron chi connectivity index (χ2n) is 3.75. The van der Waals surface area contributed by atoms with Gasteiger partial charge in [0.2, 0.25) is 5.82 Å². The largest absolute Gasteiger partial charge is 0.416 e. The zero-order chi connectivity index (χ0) is 15.1. The van der Waals surface area contributed by atoms with Crippen molar-refractivity contribution in [3.63, 3.8) is 0 Å². The van der Waals surface area contributed by atoms with E-state index in [1.54, 1.807) is 0 Å². The molecular formula is C11H5ClF4N2O2. The van der Waals surface area contributed by atoms with Gasteiger partial charge < -0.3 is 0 Å². The van der Waals surface area contributed by atoms with E-state index in [2.05, 4.69) is 0 Å². The van der Waals surface area contributed by atoms with Gasteiger partial charge in [-0.05, 0) is 18.2 Å². The Labute approximate surface area is 113 Å². The van der Waals surface area contributed by atoms with Crippen molar-refractivity contribution < 1.29 is 17.6 Å². The SMILES string of the molecule is O=c1[nH]c(Cl)c(F)c(=O)n1-c1cccc(C(F)(F)F)c1. The molecule has 0 bridgehead atoms. The van der Waals surface area contributed by atoms with Gasteiger partial charge in [-0.2, -0.15) is 17.6 Å². The summed E-state index contributed by atoms with van der Waals surface area (Å²) < 4.78 is 51.2. The average molecular weight is 309 g/mol. The Balaban J connectivity index is 2.74. The van der Waals surface area contributed by atoms with Crippen molar-refractivity contribution in [1.29, 1.82) is 0 Å². The molecule has 1 heterocycles. The summed E-state index contributed by atoms with van der Waals surface area (Å²) in [5, 5.41) is -0.803. The molecule has 0 saturated heterocycles. The van der Waals surface area contributed by atoms with E-state index in [0.29, 0.717) is 6.07 Å². The molecule has 0 fully saturated rings. The zero-order valence-electron chi connectivity index (χ0n) is 9.46. The average Bonchev–Trinajstić information content (AvgIpc) is 2.35. The van der Waals surface area contributed by atoms with Crippen LogP contribution >= 0.6 is 11.6 Å². The number of nitrogens with one attached hydrogen (secondary N) is 1. The first-order chi connectivity index (χ1) is 9.21. The maximum atomic E-state index is 13.3. The first-order valence-corrected chi connectivity index (χ1v) is 5.47. The molecule has 2 aromatic rings. The minimum atomic E-state index is -4.66. The van der Waals surface area contributed by atoms with E-state index in [-0.39, 0.29) is 4.57 Å². The second kappa shape index (κ2) is 4.78. The highest BCUT2D eigenvalue weighted by molar-refractivity contribution is 6.29. The highest BCUT2D eigenvalue weighted by Crippen LogP contribution is 2.29. The predicted octanol–water partition coefficient (Wildman–Crippen LogP) is 2.34. The Morgan fingerprint density at radius 3 is 2.45 bits per heavy atom. The molecule has 0 aliphatic heterocycles. The normalized spacial score (nSPS) is 11.7. The topological polar surface area (TPSA) is 54.9 Å². The van der Waals surface area contributed by atoms with Crippen LogP contribution in [0.2, 0.25) is 5.15 Å². The van der Waals surface area contributed by atoms with E-state index in [0.717, 1.165) is 18.2 Å². The number of hydrogen-bond donors (Lipinski definition) is 1. The maximum Gasteiger partial charge on any atom is 0.416 e. The fourth-order valence-corrected chi connectivity index (χ4v) is 1.71. The van der Waals surface area contributed by atoms with Crippen LogP contribution in [0.3, 0.4) is 0 Å². The number of aromatic nitrogens is 2. The van der Waals surface area contributed by atoms with Crippen molar-refractivity contribution >= 4 is 11.6 Å². The van der Waals surface area contributed by atoms with Gasteiger partial charge in [0.05, 0.1) is 11.3 Å². The monoisotopic (exact) mass is 308 g/mol. The molecule has 1 N–H and O–H groups in total. The highest BCUT2D eigenvalue weighted by atomic mass is 35.5. The highest BCUT2D eigenvalue weighted by Gasteiger charge is 2.30. The van der Waals surface area contributed by atoms with Crippen LogP contribution in [0.4, 0.5) is 17.6 Å². The Morgan fingerprint density at radius 2 is 1.85 bits per heavy atom. The summed E-state index contributed by atoms with van der Waals surface area (Å²) >= 11 is 5.26. The Hall–Kier alpha value is -2.09. The Bertz CT molecular complexity index is 779. The smallest absolute Gasteiger partial charge is 0.295 e. The molecule has 20 heavy (non-hydrogen) atoms. The molecule has 2 rings (SSSR count). The molecule has 0 saturated carbocycles. The van der Waals surface area contributed by atoms with E-state index in [1.807, 2.05) is 4.98 Å². The third-order valence-corrected chi connectivity index (χ3v) is 2.70. The van der Waals surface area contributed by atoms with Crippen LogP contribution in [0.1, 0.15) is 5.56 Å². The molecular weight excluding hydrogens is 304 g/mol. The van der Waals surface area contributed by atoms with Crippen molar-refractivity contribution in [3.8, 4) is 5.69 Å². The molecule has 1 aromatic heterocycles. The Kier molecular flexibility index (Phi) is 3.43. The Morgan fingerprint density at radius 1 is 1.20 bits per heavy atom. The lowest BCUT2D eigenvalue weighted by Crippen LogP contribution is -2.35. The molecule has 0 amide bonds. The number of H-pyrrole nitrogens is 1. The number of hydrogen-bond acceptors (Lipinski definition) is 2. The van der Waals surface area contributed by atoms with Crippen LogP contribution < -0.4 is 11.2 Å². The summed E-state index contributed by atoms with van der Waals surface area (Å²) in [5.74, 6) is -1.45. The van der Waals surface area contributed by atoms with E-state index >= 15 is 0 Å². The van der Waals surface area contributed by atoms with Crippen molar-refractivity contribution in [2.45, 2.75) is 6.18 Å². The summed E-state index contributed by atoms with van der Waals surface area (Å²) in [5.41, 5.74) is -4.06. The van der Waals surface area contributed by atoms with E-state index < -0.39 is 39.6 Å². The summed E-state index contributed by atoms with van der Waals surface area (Å²) in [6, 6.07) is 3.38. The molecule has 1 aromatic carbocycles. The van der Waals surface area contributed by atoms with Crippen LogP contribution in [0.25, 0.3) is 5.69 Å². The molecule has 0 aliphatic rings. The van der Waals surface area contributed by atoms with E-state index in [1.165, 1.54) is 0 Å². The summed E-state index contributed by atoms with van der Waals surface area (Å²) in [6.07, 6.45) is -4.66. The molecule has 9 heteroatoms. The zero-order valence-corrected chi connectivity index (χ0v) is 10.2. The number of aromatic amines is 1. The van der Waals surface area contributed by atoms with E-state index in [4.69, 9.17) is 11.6 Å². The van der Waals surface area contributed by atoms with Gasteiger partial charge in [-0.3, -0.25) is 9.78 Å². The molecule has 0 unspecified atom stereocenters. The van der Waals surface area contributed by atoms with Crippen molar-refractivity contribution in [1.82, 2.24) is 9.55 Å². The summed E-state index contributed by atoms with van der Waals surface area (Å²) in [7, 11) is 0. The van der Waals surface area contributed by atoms with Crippen LogP contribution in [-0.4, -0.2) is 9.55 Å². The first kappa shape index (κ1) is 14.3. The molecule has 4 nitrogen and oxygen atoms in total. The third-order valence-electron chi connectivity index (χ3n) is 2.44. The first-order valence-electron chi connectivity index (χ1n) is 5.10. The standard InChI is InChI=1S/C11H5ClF4N2O2/c12-8-7(13)9(19)18(10(20)17-8)6-3-1-2-5(4-6)11(14,15)16/h1-4H,(H,17,20). The fraction of sp³-hybridized carbons (Fsp3) is 0.0909. The third kappa shape index (κ3) is 2.46. The van der Waals surface area contributed by atoms with Gasteiger partial charge in [-0.1, -0.05) is 17.7 Å². The van der Waals surface area contributed by atoms with Gasteiger partial charge in [0.15, 0.2) is 5.15 Å². The molecule has 0 spiro atoms. The van der Waals surface area contributed by atoms with Crippen LogP contribution in [0, 0.1) is 5.82 Å². The summed E-state index contributed by atoms with van der Waals surface area (Å²) in [4.78, 5) is 24.9. The van der Waals surface area contributed by atoms with Gasteiger partial charge in [-0.15, -0.1) is 0 Å².